The fraction of sp³-hybridized carbons (Fsp3) is 0.231. The quantitative estimate of drug-likeness (QED) is 0.479. The molecule has 0 aromatic heterocycles. The summed E-state index contributed by atoms with van der Waals surface area (Å²) in [5, 5.41) is 3.61. The molecule has 2 aliphatic rings. The van der Waals surface area contributed by atoms with Gasteiger partial charge in [-0.15, -0.1) is 0 Å². The first-order valence-electron chi connectivity index (χ1n) is 11.0. The number of nitrogens with one attached hydrogen (secondary N) is 1. The van der Waals surface area contributed by atoms with Gasteiger partial charge >= 0.3 is 6.03 Å². The molecule has 1 saturated heterocycles. The Morgan fingerprint density at radius 3 is 2.64 bits per heavy atom. The maximum Gasteiger partial charge on any atom is 0.322 e. The number of halogens is 1. The molecule has 7 heteroatoms. The second kappa shape index (κ2) is 8.79. The fourth-order valence-corrected chi connectivity index (χ4v) is 4.38. The van der Waals surface area contributed by atoms with Crippen LogP contribution in [0.2, 0.25) is 5.02 Å². The number of hydrogen-bond donors (Lipinski definition) is 1. The number of nitrogens with zero attached hydrogens (tertiary/aromatic N) is 3. The van der Waals surface area contributed by atoms with Gasteiger partial charge in [0, 0.05) is 36.4 Å². The van der Waals surface area contributed by atoms with Gasteiger partial charge in [-0.25, -0.2) is 9.79 Å². The van der Waals surface area contributed by atoms with Crippen LogP contribution in [-0.2, 0) is 0 Å². The van der Waals surface area contributed by atoms with E-state index in [-0.39, 0.29) is 12.1 Å². The number of carbonyl (C=O) groups excluding carboxylic acids is 1. The minimum Gasteiger partial charge on any atom is -0.454 e. The monoisotopic (exact) mass is 460 g/mol. The number of amides is 2. The Labute approximate surface area is 198 Å². The van der Waals surface area contributed by atoms with Gasteiger partial charge in [0.2, 0.25) is 0 Å². The van der Waals surface area contributed by atoms with Crippen LogP contribution in [-0.4, -0.2) is 47.3 Å². The van der Waals surface area contributed by atoms with Gasteiger partial charge in [0.05, 0.1) is 5.56 Å². The van der Waals surface area contributed by atoms with Gasteiger partial charge in [-0.05, 0) is 62.4 Å². The van der Waals surface area contributed by atoms with E-state index in [2.05, 4.69) is 30.1 Å². The third-order valence-electron chi connectivity index (χ3n) is 5.97. The van der Waals surface area contributed by atoms with Gasteiger partial charge < -0.3 is 19.9 Å². The number of para-hydroxylation sites is 2. The summed E-state index contributed by atoms with van der Waals surface area (Å²) in [5.74, 6) is 2.41. The van der Waals surface area contributed by atoms with Crippen molar-refractivity contribution in [2.75, 3.05) is 25.0 Å². The Morgan fingerprint density at radius 2 is 1.85 bits per heavy atom. The highest BCUT2D eigenvalue weighted by Gasteiger charge is 2.31. The molecule has 0 spiro atoms. The minimum absolute atomic E-state index is 0.00132. The zero-order valence-corrected chi connectivity index (χ0v) is 19.3. The van der Waals surface area contributed by atoms with Crippen LogP contribution in [0.4, 0.5) is 16.2 Å². The molecule has 2 aliphatic heterocycles. The Balaban J connectivity index is 1.39. The molecule has 1 unspecified atom stereocenters. The summed E-state index contributed by atoms with van der Waals surface area (Å²) in [6.45, 7) is 6.06. The summed E-state index contributed by atoms with van der Waals surface area (Å²) in [4.78, 5) is 22.0. The molecule has 1 atom stereocenters. The second-order valence-electron chi connectivity index (χ2n) is 8.43. The average Bonchev–Trinajstić information content (AvgIpc) is 2.97. The molecule has 2 amide bonds. The molecule has 5 rings (SSSR count). The number of rotatable bonds is 1. The number of amidine groups is 1. The summed E-state index contributed by atoms with van der Waals surface area (Å²) in [6, 6.07) is 21.0. The number of piperazine rings is 1. The van der Waals surface area contributed by atoms with E-state index in [0.717, 1.165) is 39.8 Å². The van der Waals surface area contributed by atoms with Crippen molar-refractivity contribution in [3.05, 3.63) is 82.9 Å². The van der Waals surface area contributed by atoms with Crippen molar-refractivity contribution in [1.82, 2.24) is 9.80 Å². The van der Waals surface area contributed by atoms with E-state index >= 15 is 0 Å². The number of aryl methyl sites for hydroxylation is 1. The first-order chi connectivity index (χ1) is 16.0. The summed E-state index contributed by atoms with van der Waals surface area (Å²) in [6.07, 6.45) is 0. The SMILES string of the molecule is Cc1ccc2c(c1)C(N1CCN(C(=O)Nc3ccc(Cl)cc3)C(C)C1)=Nc1ccccc1O2. The van der Waals surface area contributed by atoms with E-state index < -0.39 is 0 Å². The smallest absolute Gasteiger partial charge is 0.322 e. The molecule has 33 heavy (non-hydrogen) atoms. The maximum absolute atomic E-state index is 12.9. The maximum atomic E-state index is 12.9. The topological polar surface area (TPSA) is 57.2 Å². The van der Waals surface area contributed by atoms with Gasteiger partial charge in [0.1, 0.15) is 17.3 Å². The van der Waals surface area contributed by atoms with Crippen LogP contribution in [0.5, 0.6) is 11.5 Å². The number of hydrogen-bond acceptors (Lipinski definition) is 4. The lowest BCUT2D eigenvalue weighted by Gasteiger charge is -2.41. The van der Waals surface area contributed by atoms with Crippen molar-refractivity contribution in [3.8, 4) is 11.5 Å². The zero-order valence-electron chi connectivity index (χ0n) is 18.6. The Hall–Kier alpha value is -3.51. The van der Waals surface area contributed by atoms with Gasteiger partial charge in [-0.3, -0.25) is 0 Å². The number of fused-ring (bicyclic) bond motifs is 2. The van der Waals surface area contributed by atoms with Crippen LogP contribution in [0.15, 0.2) is 71.7 Å². The molecule has 1 fully saturated rings. The normalized spacial score (nSPS) is 17.3. The molecule has 0 saturated carbocycles. The molecule has 0 aliphatic carbocycles. The lowest BCUT2D eigenvalue weighted by atomic mass is 10.1. The van der Waals surface area contributed by atoms with Crippen molar-refractivity contribution >= 4 is 34.8 Å². The van der Waals surface area contributed by atoms with Gasteiger partial charge in [0.25, 0.3) is 0 Å². The highest BCUT2D eigenvalue weighted by molar-refractivity contribution is 6.30. The lowest BCUT2D eigenvalue weighted by Crippen LogP contribution is -2.56. The average molecular weight is 461 g/mol. The summed E-state index contributed by atoms with van der Waals surface area (Å²) in [7, 11) is 0. The van der Waals surface area contributed by atoms with Crippen molar-refractivity contribution in [2.45, 2.75) is 19.9 Å². The zero-order chi connectivity index (χ0) is 22.9. The van der Waals surface area contributed by atoms with Crippen LogP contribution in [0, 0.1) is 6.92 Å². The molecular formula is C26H25ClN4O2. The van der Waals surface area contributed by atoms with Crippen LogP contribution < -0.4 is 10.1 Å². The highest BCUT2D eigenvalue weighted by atomic mass is 35.5. The van der Waals surface area contributed by atoms with E-state index in [9.17, 15) is 4.79 Å². The Morgan fingerprint density at radius 1 is 1.06 bits per heavy atom. The first-order valence-corrected chi connectivity index (χ1v) is 11.4. The third kappa shape index (κ3) is 4.39. The van der Waals surface area contributed by atoms with E-state index in [1.54, 1.807) is 24.3 Å². The van der Waals surface area contributed by atoms with Crippen LogP contribution in [0.25, 0.3) is 0 Å². The molecule has 1 N–H and O–H groups in total. The van der Waals surface area contributed by atoms with E-state index in [1.807, 2.05) is 41.3 Å². The predicted molar refractivity (Wildman–Crippen MR) is 132 cm³/mol. The summed E-state index contributed by atoms with van der Waals surface area (Å²) in [5.41, 5.74) is 3.64. The number of ether oxygens (including phenoxy) is 1. The van der Waals surface area contributed by atoms with Gasteiger partial charge in [-0.1, -0.05) is 35.4 Å². The first kappa shape index (κ1) is 21.3. The van der Waals surface area contributed by atoms with E-state index in [0.29, 0.717) is 24.7 Å². The molecule has 6 nitrogen and oxygen atoms in total. The molecular weight excluding hydrogens is 436 g/mol. The van der Waals surface area contributed by atoms with Gasteiger partial charge in [-0.2, -0.15) is 0 Å². The molecule has 2 heterocycles. The number of urea groups is 1. The number of carbonyl (C=O) groups is 1. The minimum atomic E-state index is -0.114. The fourth-order valence-electron chi connectivity index (χ4n) is 4.26. The van der Waals surface area contributed by atoms with Crippen LogP contribution in [0.1, 0.15) is 18.1 Å². The van der Waals surface area contributed by atoms with Crippen LogP contribution in [0.3, 0.4) is 0 Å². The van der Waals surface area contributed by atoms with E-state index in [1.165, 1.54) is 0 Å². The highest BCUT2D eigenvalue weighted by Crippen LogP contribution is 2.38. The van der Waals surface area contributed by atoms with Crippen molar-refractivity contribution in [1.29, 1.82) is 0 Å². The molecule has 3 aromatic carbocycles. The third-order valence-corrected chi connectivity index (χ3v) is 6.22. The molecule has 168 valence electrons. The number of aliphatic imine (C=N–C) groups is 1. The van der Waals surface area contributed by atoms with Gasteiger partial charge in [0.15, 0.2) is 5.75 Å². The molecule has 0 radical (unpaired) electrons. The molecule has 0 bridgehead atoms. The summed E-state index contributed by atoms with van der Waals surface area (Å²) >= 11 is 5.95. The van der Waals surface area contributed by atoms with Crippen molar-refractivity contribution in [2.24, 2.45) is 4.99 Å². The van der Waals surface area contributed by atoms with E-state index in [4.69, 9.17) is 21.3 Å². The Bertz CT molecular complexity index is 1230. The Kier molecular flexibility index (Phi) is 5.68. The largest absolute Gasteiger partial charge is 0.454 e. The number of benzene rings is 3. The summed E-state index contributed by atoms with van der Waals surface area (Å²) < 4.78 is 6.21. The lowest BCUT2D eigenvalue weighted by molar-refractivity contribution is 0.145. The molecule has 3 aromatic rings. The number of anilines is 1. The van der Waals surface area contributed by atoms with Crippen molar-refractivity contribution < 1.29 is 9.53 Å². The second-order valence-corrected chi connectivity index (χ2v) is 8.87. The van der Waals surface area contributed by atoms with Crippen LogP contribution >= 0.6 is 11.6 Å². The predicted octanol–water partition coefficient (Wildman–Crippen LogP) is 6.07. The van der Waals surface area contributed by atoms with Crippen molar-refractivity contribution in [3.63, 3.8) is 0 Å². The standard InChI is InChI=1S/C26H25ClN4O2/c1-17-7-12-23-21(15-17)25(29-22-5-3-4-6-24(22)33-23)30-13-14-31(18(2)16-30)26(32)28-20-10-8-19(27)9-11-20/h3-12,15,18H,13-14,16H2,1-2H3,(H,28,32).